The van der Waals surface area contributed by atoms with Crippen molar-refractivity contribution in [3.05, 3.63) is 0 Å². The van der Waals surface area contributed by atoms with Crippen LogP contribution in [0.2, 0.25) is 0 Å². The fourth-order valence-corrected chi connectivity index (χ4v) is 15.5. The van der Waals surface area contributed by atoms with E-state index in [0.717, 1.165) is 0 Å². The van der Waals surface area contributed by atoms with Crippen LogP contribution >= 0.6 is 48.0 Å². The topological polar surface area (TPSA) is 732 Å². The van der Waals surface area contributed by atoms with Gasteiger partial charge in [-0.3, -0.25) is 0 Å². The highest BCUT2D eigenvalue weighted by atomic mass is 32.2. The maximum absolute atomic E-state index is 11.9. The second kappa shape index (κ2) is 43.2. The first-order chi connectivity index (χ1) is 49.5. The lowest BCUT2D eigenvalue weighted by Gasteiger charge is -2.47. The van der Waals surface area contributed by atoms with Crippen molar-refractivity contribution in [2.75, 3.05) is 102 Å². The van der Waals surface area contributed by atoms with Crippen molar-refractivity contribution in [3.8, 4) is 0 Å². The van der Waals surface area contributed by atoms with Gasteiger partial charge in [-0.25, -0.2) is 0 Å². The molecule has 0 spiro atoms. The third-order valence-corrected chi connectivity index (χ3v) is 22.1. The highest BCUT2D eigenvalue weighted by molar-refractivity contribution is 7.99. The van der Waals surface area contributed by atoms with E-state index < -0.39 is 233 Å². The summed E-state index contributed by atoms with van der Waals surface area (Å²) in [5, 5.41) is 144. The Hall–Kier alpha value is -1.44. The fraction of sp³-hybridized carbons (Fsp3) is 0.966. The molecule has 40 N–H and O–H groups in total. The molecule has 38 atom stereocenters. The van der Waals surface area contributed by atoms with Crippen LogP contribution in [0.1, 0.15) is 20.3 Å². The highest BCUT2D eigenvalue weighted by Crippen LogP contribution is 2.38. The van der Waals surface area contributed by atoms with Crippen LogP contribution in [0.4, 0.5) is 0 Å². The summed E-state index contributed by atoms with van der Waals surface area (Å²) in [4.78, 5) is 0. The van der Waals surface area contributed by atoms with Gasteiger partial charge in [0, 0.05) is 99.5 Å². The molecule has 8 rings (SSSR count). The van der Waals surface area contributed by atoms with Crippen LogP contribution < -0.4 is 90.1 Å². The normalized spacial score (nSPS) is 45.3. The fourth-order valence-electron chi connectivity index (χ4n) is 13.3. The molecule has 8 aliphatic rings. The summed E-state index contributed by atoms with van der Waals surface area (Å²) in [6.07, 6.45) is -40.0. The maximum Gasteiger partial charge on any atom is 0.187 e. The quantitative estimate of drug-likeness (QED) is 0.0207. The van der Waals surface area contributed by atoms with E-state index in [0.29, 0.717) is 61.1 Å². The van der Waals surface area contributed by atoms with Gasteiger partial charge >= 0.3 is 0 Å². The zero-order chi connectivity index (χ0) is 76.0. The number of hydrogen-bond acceptors (Lipinski definition) is 42. The molecule has 614 valence electrons. The van der Waals surface area contributed by atoms with E-state index in [9.17, 15) is 61.3 Å². The number of nitrogens with one attached hydrogen (secondary N) is 4. The van der Waals surface area contributed by atoms with Gasteiger partial charge in [0.1, 0.15) is 122 Å². The van der Waals surface area contributed by atoms with Crippen molar-refractivity contribution in [1.82, 2.24) is 21.3 Å². The van der Waals surface area contributed by atoms with Gasteiger partial charge in [-0.1, -0.05) is 7.43 Å². The van der Waals surface area contributed by atoms with Crippen molar-refractivity contribution in [2.45, 2.75) is 253 Å². The van der Waals surface area contributed by atoms with Crippen molar-refractivity contribution < 1.29 is 128 Å². The minimum atomic E-state index is -1.60. The molecule has 2 aliphatic carbocycles. The summed E-state index contributed by atoms with van der Waals surface area (Å²) in [5.74, 6) is 1.29. The number of nitrogens with two attached hydrogens (primary N) is 12. The Bertz CT molecular complexity index is 2400. The van der Waals surface area contributed by atoms with Gasteiger partial charge in [0.2, 0.25) is 0 Å². The zero-order valence-electron chi connectivity index (χ0n) is 57.3. The predicted molar refractivity (Wildman–Crippen MR) is 383 cm³/mol. The molecular formula is C59H118N16O26S4. The van der Waals surface area contributed by atoms with E-state index in [-0.39, 0.29) is 71.2 Å². The summed E-state index contributed by atoms with van der Waals surface area (Å²) in [6, 6.07) is -8.74. The van der Waals surface area contributed by atoms with Gasteiger partial charge in [-0.2, -0.15) is 23.5 Å². The molecule has 0 aromatic rings. The summed E-state index contributed by atoms with van der Waals surface area (Å²) < 4.78 is 84.6. The number of thiocarbonyl (C=S) groups is 2. The summed E-state index contributed by atoms with van der Waals surface area (Å²) in [6.45, 7) is 1.93. The lowest BCUT2D eigenvalue weighted by Crippen LogP contribution is -2.68. The van der Waals surface area contributed by atoms with Crippen molar-refractivity contribution in [3.63, 3.8) is 0 Å². The second-order valence-electron chi connectivity index (χ2n) is 26.9. The van der Waals surface area contributed by atoms with Gasteiger partial charge in [0.25, 0.3) is 0 Å². The average Bonchev–Trinajstić information content (AvgIpc) is 1.51. The van der Waals surface area contributed by atoms with Crippen LogP contribution in [0, 0.1) is 0 Å². The van der Waals surface area contributed by atoms with Gasteiger partial charge in [0.15, 0.2) is 48.0 Å². The van der Waals surface area contributed by atoms with Crippen LogP contribution in [0.15, 0.2) is 0 Å². The molecule has 21 unspecified atom stereocenters. The van der Waals surface area contributed by atoms with Crippen molar-refractivity contribution >= 4 is 58.2 Å². The molecule has 6 heterocycles. The smallest absolute Gasteiger partial charge is 0.187 e. The molecule has 0 bridgehead atoms. The molecule has 46 heteroatoms. The molecule has 8 fully saturated rings. The van der Waals surface area contributed by atoms with Crippen molar-refractivity contribution in [1.29, 1.82) is 0 Å². The lowest BCUT2D eigenvalue weighted by atomic mass is 9.84. The van der Waals surface area contributed by atoms with Gasteiger partial charge in [0.05, 0.1) is 75.0 Å². The first-order valence-corrected chi connectivity index (χ1v) is 37.9. The van der Waals surface area contributed by atoms with Crippen LogP contribution in [-0.4, -0.2) is 406 Å². The first-order valence-electron chi connectivity index (χ1n) is 34.8. The molecule has 105 heavy (non-hydrogen) atoms. The number of ether oxygens (including phenoxy) is 14. The Kier molecular flexibility index (Phi) is 37.3. The SMILES string of the molecule is C.NCC1O[C@H](OC2C(N)C[C@@H](N)C(O)[C@H]2O[C@@H]2O[C@H](CSCCNC(=S)NCCOCCOCCNC(=S)NCCSC[C@H]3O[C@@H](OC4C(O[C@@H]5OC(CN)C(O)[C@H](O)C5N)C(N)C[C@H](N)[C@@H]4O)C(O)C3O[C@@H]3O[C@H](CN)C(O)C(O)C3N)C(O[C@H]3O[C@@H](CN)C(O)C(O)C3N)[C@@H]2O)C(N)[C@@H](O)C1O. The highest BCUT2D eigenvalue weighted by Gasteiger charge is 2.58. The minimum Gasteiger partial charge on any atom is -0.389 e. The molecule has 6 saturated heterocycles. The van der Waals surface area contributed by atoms with E-state index in [1.54, 1.807) is 0 Å². The van der Waals surface area contributed by atoms with Crippen molar-refractivity contribution in [2.24, 2.45) is 68.8 Å². The number of rotatable bonds is 35. The van der Waals surface area contributed by atoms with E-state index in [4.69, 9.17) is 160 Å². The molecule has 0 aromatic carbocycles. The monoisotopic (exact) mass is 1590 g/mol. The molecule has 0 amide bonds. The minimum absolute atomic E-state index is 0. The maximum atomic E-state index is 11.9. The number of hydrogen-bond donors (Lipinski definition) is 28. The van der Waals surface area contributed by atoms with Crippen LogP contribution in [0.5, 0.6) is 0 Å². The zero-order valence-corrected chi connectivity index (χ0v) is 60.6. The van der Waals surface area contributed by atoms with E-state index in [2.05, 4.69) is 21.3 Å². The van der Waals surface area contributed by atoms with Gasteiger partial charge in [-0.15, -0.1) is 0 Å². The lowest BCUT2D eigenvalue weighted by molar-refractivity contribution is -0.306. The van der Waals surface area contributed by atoms with E-state index in [1.807, 2.05) is 0 Å². The summed E-state index contributed by atoms with van der Waals surface area (Å²) in [7, 11) is 0. The Morgan fingerprint density at radius 2 is 0.590 bits per heavy atom. The van der Waals surface area contributed by atoms with E-state index in [1.165, 1.54) is 23.5 Å². The molecule has 2 saturated carbocycles. The number of thioether (sulfide) groups is 2. The van der Waals surface area contributed by atoms with Crippen LogP contribution in [0.3, 0.4) is 0 Å². The molecule has 6 aliphatic heterocycles. The van der Waals surface area contributed by atoms with Crippen LogP contribution in [0.25, 0.3) is 0 Å². The molecule has 0 radical (unpaired) electrons. The standard InChI is InChI=1S/C58H114N16O26S4.CH4/c59-13-23-35(77)39(81)29(67)51(89-23)95-45-21(65)11-19(63)33(75)49(45)99-55-43(85)47(97-53-31(69)41(83)37(79)25(15-61)91-53)27(93-55)17-103-9-3-73-57(101)71-1-5-87-7-8-88-6-2-72-58(102)74-4-10-104-18-28-48(98-54-32(70)42(84)38(80)26(16-62)92-54)44(86)56(94-28)100-50-34(76)20(64)12-22(66)46(50)96-52-30(68)40(82)36(78)24(14-60)90-52;/h19-56,75-86H,1-18,59-70H2,(H2,71,73,101)(H2,72,74,102);1H4/t19-,20+,21?,22?,23?,24?,25+,26-,27-,28-,29?,30?,31?,32?,33?,34+,35?,36?,37?,38?,39-,40-,41?,42?,43+,44?,45?,46?,47?,48?,49-,50?,51-,52+,53-,54+,55+,56+;/m1./s1. The summed E-state index contributed by atoms with van der Waals surface area (Å²) >= 11 is 13.7. The molecular weight excluding hydrogens is 1480 g/mol. The van der Waals surface area contributed by atoms with Crippen LogP contribution in [-0.2, 0) is 66.3 Å². The number of aliphatic hydroxyl groups is 12. The molecule has 42 nitrogen and oxygen atoms in total. The third kappa shape index (κ3) is 23.2. The van der Waals surface area contributed by atoms with Gasteiger partial charge < -0.3 is 218 Å². The second-order valence-corrected chi connectivity index (χ2v) is 30.0. The average molecular weight is 1600 g/mol. The molecule has 0 aromatic heterocycles. The number of aliphatic hydroxyl groups excluding tert-OH is 12. The largest absolute Gasteiger partial charge is 0.389 e. The Morgan fingerprint density at radius 3 is 0.886 bits per heavy atom. The Labute approximate surface area is 627 Å². The third-order valence-electron chi connectivity index (χ3n) is 19.4. The Balaban J connectivity index is 0.0000154. The van der Waals surface area contributed by atoms with E-state index >= 15 is 0 Å². The predicted octanol–water partition coefficient (Wildman–Crippen LogP) is -15.7. The first kappa shape index (κ1) is 90.7. The summed E-state index contributed by atoms with van der Waals surface area (Å²) in [5.41, 5.74) is 73.7. The Morgan fingerprint density at radius 1 is 0.324 bits per heavy atom. The van der Waals surface area contributed by atoms with Gasteiger partial charge in [-0.05, 0) is 37.3 Å².